The smallest absolute Gasteiger partial charge is 0.285 e. The van der Waals surface area contributed by atoms with Crippen molar-refractivity contribution in [2.75, 3.05) is 26.0 Å². The lowest BCUT2D eigenvalue weighted by atomic mass is 10.1. The highest BCUT2D eigenvalue weighted by atomic mass is 32.2. The first-order valence-corrected chi connectivity index (χ1v) is 9.84. The van der Waals surface area contributed by atoms with Crippen molar-refractivity contribution in [1.82, 2.24) is 9.80 Å². The molecule has 29 heavy (non-hydrogen) atoms. The minimum Gasteiger partial charge on any atom is -0.339 e. The standard InChI is InChI=1S/C21H21N3O4S/c1-13-4-9-16-17(12-13)20(27)24(19(16)26)11-10-18(25)22-14-5-7-15(8-6-14)29-21(28)23(2)3/h4-9,12H,10-11H2,1-3H3,(H,22,25). The average Bonchev–Trinajstić information content (AvgIpc) is 2.91. The fourth-order valence-corrected chi connectivity index (χ4v) is 3.50. The third-order valence-corrected chi connectivity index (χ3v) is 5.44. The van der Waals surface area contributed by atoms with Crippen molar-refractivity contribution in [2.45, 2.75) is 18.2 Å². The number of amides is 4. The van der Waals surface area contributed by atoms with E-state index in [-0.39, 0.29) is 35.9 Å². The zero-order valence-electron chi connectivity index (χ0n) is 16.4. The number of hydrogen-bond donors (Lipinski definition) is 1. The van der Waals surface area contributed by atoms with Crippen molar-refractivity contribution in [3.05, 3.63) is 59.2 Å². The van der Waals surface area contributed by atoms with Gasteiger partial charge in [-0.05, 0) is 55.1 Å². The van der Waals surface area contributed by atoms with E-state index < -0.39 is 0 Å². The predicted octanol–water partition coefficient (Wildman–Crippen LogP) is 3.39. The average molecular weight is 411 g/mol. The summed E-state index contributed by atoms with van der Waals surface area (Å²) in [6.07, 6.45) is 0.0000670. The molecule has 150 valence electrons. The molecule has 4 amide bonds. The summed E-state index contributed by atoms with van der Waals surface area (Å²) in [6, 6.07) is 12.0. The molecule has 0 atom stereocenters. The number of anilines is 1. The summed E-state index contributed by atoms with van der Waals surface area (Å²) in [4.78, 5) is 52.1. The first kappa shape index (κ1) is 20.6. The first-order valence-electron chi connectivity index (χ1n) is 9.02. The van der Waals surface area contributed by atoms with Gasteiger partial charge in [-0.15, -0.1) is 0 Å². The molecule has 1 aliphatic rings. The van der Waals surface area contributed by atoms with Crippen molar-refractivity contribution in [2.24, 2.45) is 0 Å². The number of carbonyl (C=O) groups excluding carboxylic acids is 4. The molecule has 0 aromatic heterocycles. The molecule has 0 saturated carbocycles. The molecule has 8 heteroatoms. The molecule has 0 aliphatic carbocycles. The molecule has 1 N–H and O–H groups in total. The van der Waals surface area contributed by atoms with E-state index in [0.29, 0.717) is 16.8 Å². The van der Waals surface area contributed by atoms with Gasteiger partial charge in [-0.3, -0.25) is 24.1 Å². The topological polar surface area (TPSA) is 86.8 Å². The van der Waals surface area contributed by atoms with Crippen molar-refractivity contribution >= 4 is 40.4 Å². The lowest BCUT2D eigenvalue weighted by molar-refractivity contribution is -0.116. The molecule has 0 unspecified atom stereocenters. The Kier molecular flexibility index (Phi) is 6.03. The van der Waals surface area contributed by atoms with Crippen LogP contribution in [0.3, 0.4) is 0 Å². The van der Waals surface area contributed by atoms with Crippen molar-refractivity contribution in [1.29, 1.82) is 0 Å². The van der Waals surface area contributed by atoms with Crippen LogP contribution in [0, 0.1) is 6.92 Å². The largest absolute Gasteiger partial charge is 0.339 e. The summed E-state index contributed by atoms with van der Waals surface area (Å²) >= 11 is 1.09. The molecule has 3 rings (SSSR count). The Morgan fingerprint density at radius 2 is 1.66 bits per heavy atom. The van der Waals surface area contributed by atoms with Crippen molar-refractivity contribution in [3.63, 3.8) is 0 Å². The second-order valence-corrected chi connectivity index (χ2v) is 7.92. The Hall–Kier alpha value is -3.13. The van der Waals surface area contributed by atoms with Gasteiger partial charge in [0.2, 0.25) is 5.91 Å². The van der Waals surface area contributed by atoms with E-state index in [0.717, 1.165) is 27.1 Å². The number of hydrogen-bond acceptors (Lipinski definition) is 5. The van der Waals surface area contributed by atoms with Gasteiger partial charge in [0.05, 0.1) is 11.1 Å². The molecule has 2 aromatic carbocycles. The summed E-state index contributed by atoms with van der Waals surface area (Å²) < 4.78 is 0. The molecule has 1 heterocycles. The summed E-state index contributed by atoms with van der Waals surface area (Å²) in [5.74, 6) is -1.04. The second kappa shape index (κ2) is 8.48. The van der Waals surface area contributed by atoms with Crippen LogP contribution >= 0.6 is 11.8 Å². The molecule has 1 aliphatic heterocycles. The summed E-state index contributed by atoms with van der Waals surface area (Å²) in [6.45, 7) is 1.87. The minimum absolute atomic E-state index is 0.0000670. The monoisotopic (exact) mass is 411 g/mol. The number of aryl methyl sites for hydroxylation is 1. The molecule has 0 saturated heterocycles. The third-order valence-electron chi connectivity index (χ3n) is 4.40. The van der Waals surface area contributed by atoms with Crippen LogP contribution in [0.1, 0.15) is 32.7 Å². The Labute approximate surface area is 173 Å². The van der Waals surface area contributed by atoms with E-state index in [1.54, 1.807) is 56.6 Å². The first-order chi connectivity index (χ1) is 13.8. The Morgan fingerprint density at radius 1 is 1.00 bits per heavy atom. The molecule has 0 bridgehead atoms. The van der Waals surface area contributed by atoms with Gasteiger partial charge in [0.1, 0.15) is 0 Å². The van der Waals surface area contributed by atoms with Crippen LogP contribution in [0.5, 0.6) is 0 Å². The summed E-state index contributed by atoms with van der Waals surface area (Å²) in [5, 5.41) is 2.65. The molecular formula is C21H21N3O4S. The maximum atomic E-state index is 12.4. The third kappa shape index (κ3) is 4.65. The van der Waals surface area contributed by atoms with Crippen LogP contribution in [-0.2, 0) is 4.79 Å². The molecule has 0 fully saturated rings. The van der Waals surface area contributed by atoms with Crippen LogP contribution in [0.15, 0.2) is 47.4 Å². The Bertz CT molecular complexity index is 986. The zero-order valence-corrected chi connectivity index (χ0v) is 17.2. The second-order valence-electron chi connectivity index (χ2n) is 6.90. The minimum atomic E-state index is -0.371. The molecule has 0 radical (unpaired) electrons. The summed E-state index contributed by atoms with van der Waals surface area (Å²) in [5.41, 5.74) is 2.24. The number of imide groups is 1. The Balaban J connectivity index is 1.55. The van der Waals surface area contributed by atoms with Crippen molar-refractivity contribution in [3.8, 4) is 0 Å². The molecule has 0 spiro atoms. The number of nitrogens with zero attached hydrogens (tertiary/aromatic N) is 2. The molecular weight excluding hydrogens is 390 g/mol. The van der Waals surface area contributed by atoms with E-state index in [1.165, 1.54) is 4.90 Å². The fourth-order valence-electron chi connectivity index (χ4n) is 2.84. The van der Waals surface area contributed by atoms with Crippen LogP contribution in [0.2, 0.25) is 0 Å². The van der Waals surface area contributed by atoms with Crippen LogP contribution in [0.25, 0.3) is 0 Å². The molecule has 7 nitrogen and oxygen atoms in total. The van der Waals surface area contributed by atoms with Gasteiger partial charge < -0.3 is 10.2 Å². The maximum Gasteiger partial charge on any atom is 0.285 e. The van der Waals surface area contributed by atoms with Crippen LogP contribution < -0.4 is 5.32 Å². The quantitative estimate of drug-likeness (QED) is 0.602. The highest BCUT2D eigenvalue weighted by molar-refractivity contribution is 8.13. The number of carbonyl (C=O) groups is 4. The van der Waals surface area contributed by atoms with Crippen LogP contribution in [0.4, 0.5) is 10.5 Å². The SMILES string of the molecule is Cc1ccc2c(c1)C(=O)N(CCC(=O)Nc1ccc(SC(=O)N(C)C)cc1)C2=O. The number of thioether (sulfide) groups is 1. The zero-order chi connectivity index (χ0) is 21.1. The highest BCUT2D eigenvalue weighted by Gasteiger charge is 2.35. The highest BCUT2D eigenvalue weighted by Crippen LogP contribution is 2.25. The van der Waals surface area contributed by atoms with Gasteiger partial charge >= 0.3 is 0 Å². The lowest BCUT2D eigenvalue weighted by Gasteiger charge is -2.13. The summed E-state index contributed by atoms with van der Waals surface area (Å²) in [7, 11) is 3.36. The normalized spacial score (nSPS) is 12.7. The Morgan fingerprint density at radius 3 is 2.31 bits per heavy atom. The molecule has 2 aromatic rings. The van der Waals surface area contributed by atoms with Gasteiger partial charge in [-0.1, -0.05) is 11.6 Å². The van der Waals surface area contributed by atoms with Gasteiger partial charge in [-0.2, -0.15) is 0 Å². The number of rotatable bonds is 5. The predicted molar refractivity (Wildman–Crippen MR) is 111 cm³/mol. The van der Waals surface area contributed by atoms with Crippen LogP contribution in [-0.4, -0.2) is 53.4 Å². The van der Waals surface area contributed by atoms with E-state index in [4.69, 9.17) is 0 Å². The van der Waals surface area contributed by atoms with Gasteiger partial charge in [0.15, 0.2) is 0 Å². The number of fused-ring (bicyclic) bond motifs is 1. The van der Waals surface area contributed by atoms with Gasteiger partial charge in [0, 0.05) is 37.6 Å². The van der Waals surface area contributed by atoms with Gasteiger partial charge in [0.25, 0.3) is 17.1 Å². The number of benzene rings is 2. The van der Waals surface area contributed by atoms with Crippen molar-refractivity contribution < 1.29 is 19.2 Å². The lowest BCUT2D eigenvalue weighted by Crippen LogP contribution is -2.32. The van der Waals surface area contributed by atoms with E-state index in [2.05, 4.69) is 5.32 Å². The van der Waals surface area contributed by atoms with Gasteiger partial charge in [-0.25, -0.2) is 0 Å². The van der Waals surface area contributed by atoms with E-state index >= 15 is 0 Å². The fraction of sp³-hybridized carbons (Fsp3) is 0.238. The van der Waals surface area contributed by atoms with E-state index in [1.807, 2.05) is 6.92 Å². The number of nitrogens with one attached hydrogen (secondary N) is 1. The maximum absolute atomic E-state index is 12.4. The van der Waals surface area contributed by atoms with E-state index in [9.17, 15) is 19.2 Å².